The van der Waals surface area contributed by atoms with E-state index in [1.54, 1.807) is 0 Å². The molecule has 1 aliphatic heterocycles. The highest BCUT2D eigenvalue weighted by Gasteiger charge is 2.52. The molecule has 92 valence electrons. The van der Waals surface area contributed by atoms with Crippen molar-refractivity contribution in [1.29, 1.82) is 0 Å². The van der Waals surface area contributed by atoms with Crippen LogP contribution in [0.2, 0.25) is 0 Å². The van der Waals surface area contributed by atoms with Crippen molar-refractivity contribution in [1.82, 2.24) is 0 Å². The summed E-state index contributed by atoms with van der Waals surface area (Å²) in [6, 6.07) is 3.83. The number of phenolic OH excluding ortho intramolecular Hbond substituents is 1. The molecule has 0 bridgehead atoms. The normalized spacial score (nSPS) is 21.8. The Labute approximate surface area is 101 Å². The smallest absolute Gasteiger partial charge is 0.497 e. The zero-order chi connectivity index (χ0) is 12.8. The summed E-state index contributed by atoms with van der Waals surface area (Å²) < 4.78 is 25.1. The first kappa shape index (κ1) is 12.4. The molecular formula is C12H16BFO3. The Bertz CT molecular complexity index is 429. The predicted octanol–water partition coefficient (Wildman–Crippen LogP) is 1.83. The SMILES string of the molecule is CC1(C)OB(c2cc(O)ccc2F)OC1(C)C. The zero-order valence-corrected chi connectivity index (χ0v) is 10.5. The molecule has 1 aliphatic rings. The van der Waals surface area contributed by atoms with Crippen molar-refractivity contribution in [2.45, 2.75) is 38.9 Å². The van der Waals surface area contributed by atoms with E-state index < -0.39 is 24.1 Å². The molecule has 17 heavy (non-hydrogen) atoms. The molecule has 1 aromatic carbocycles. The van der Waals surface area contributed by atoms with E-state index in [2.05, 4.69) is 0 Å². The molecule has 2 rings (SSSR count). The number of aromatic hydroxyl groups is 1. The van der Waals surface area contributed by atoms with Gasteiger partial charge in [-0.15, -0.1) is 0 Å². The van der Waals surface area contributed by atoms with Crippen LogP contribution >= 0.6 is 0 Å². The van der Waals surface area contributed by atoms with E-state index in [9.17, 15) is 9.50 Å². The van der Waals surface area contributed by atoms with Gasteiger partial charge in [-0.25, -0.2) is 4.39 Å². The van der Waals surface area contributed by atoms with Gasteiger partial charge in [0.1, 0.15) is 11.6 Å². The summed E-state index contributed by atoms with van der Waals surface area (Å²) in [5.74, 6) is -0.447. The average Bonchev–Trinajstić information content (AvgIpc) is 2.40. The van der Waals surface area contributed by atoms with Gasteiger partial charge < -0.3 is 14.4 Å². The third-order valence-electron chi connectivity index (χ3n) is 3.49. The number of halogens is 1. The monoisotopic (exact) mass is 238 g/mol. The molecule has 0 unspecified atom stereocenters. The Hall–Kier alpha value is -1.07. The van der Waals surface area contributed by atoms with Crippen LogP contribution in [0.4, 0.5) is 4.39 Å². The minimum atomic E-state index is -0.785. The predicted molar refractivity (Wildman–Crippen MR) is 63.8 cm³/mol. The van der Waals surface area contributed by atoms with Gasteiger partial charge in [0.25, 0.3) is 0 Å². The fourth-order valence-electron chi connectivity index (χ4n) is 1.68. The number of phenols is 1. The van der Waals surface area contributed by atoms with Crippen molar-refractivity contribution in [3.05, 3.63) is 24.0 Å². The highest BCUT2D eigenvalue weighted by molar-refractivity contribution is 6.62. The quantitative estimate of drug-likeness (QED) is 0.758. The zero-order valence-electron chi connectivity index (χ0n) is 10.5. The molecule has 0 radical (unpaired) electrons. The summed E-state index contributed by atoms with van der Waals surface area (Å²) >= 11 is 0. The molecule has 0 aromatic heterocycles. The molecule has 1 fully saturated rings. The topological polar surface area (TPSA) is 38.7 Å². The molecule has 0 saturated carbocycles. The van der Waals surface area contributed by atoms with Gasteiger partial charge in [0, 0.05) is 5.46 Å². The van der Waals surface area contributed by atoms with E-state index in [4.69, 9.17) is 9.31 Å². The first-order valence-corrected chi connectivity index (χ1v) is 5.57. The van der Waals surface area contributed by atoms with E-state index in [0.717, 1.165) is 0 Å². The van der Waals surface area contributed by atoms with Gasteiger partial charge in [-0.2, -0.15) is 0 Å². The van der Waals surface area contributed by atoms with Gasteiger partial charge >= 0.3 is 7.12 Å². The highest BCUT2D eigenvalue weighted by atomic mass is 19.1. The molecule has 3 nitrogen and oxygen atoms in total. The molecule has 1 saturated heterocycles. The number of hydrogen-bond acceptors (Lipinski definition) is 3. The van der Waals surface area contributed by atoms with Crippen LogP contribution in [0.15, 0.2) is 18.2 Å². The fraction of sp³-hybridized carbons (Fsp3) is 0.500. The lowest BCUT2D eigenvalue weighted by Gasteiger charge is -2.32. The number of rotatable bonds is 1. The van der Waals surface area contributed by atoms with E-state index in [0.29, 0.717) is 0 Å². The van der Waals surface area contributed by atoms with Crippen LogP contribution in [-0.4, -0.2) is 23.4 Å². The van der Waals surface area contributed by atoms with E-state index in [-0.39, 0.29) is 11.2 Å². The second-order valence-electron chi connectivity index (χ2n) is 5.29. The summed E-state index contributed by atoms with van der Waals surface area (Å²) in [6.45, 7) is 7.59. The third-order valence-corrected chi connectivity index (χ3v) is 3.49. The van der Waals surface area contributed by atoms with Crippen molar-refractivity contribution in [2.75, 3.05) is 0 Å². The molecular weight excluding hydrogens is 222 g/mol. The van der Waals surface area contributed by atoms with Crippen molar-refractivity contribution in [2.24, 2.45) is 0 Å². The molecule has 0 aliphatic carbocycles. The van der Waals surface area contributed by atoms with Crippen molar-refractivity contribution in [3.63, 3.8) is 0 Å². The Morgan fingerprint density at radius 2 is 1.65 bits per heavy atom. The van der Waals surface area contributed by atoms with Crippen LogP contribution in [-0.2, 0) is 9.31 Å². The Kier molecular flexibility index (Phi) is 2.71. The van der Waals surface area contributed by atoms with Crippen molar-refractivity contribution >= 4 is 12.6 Å². The molecule has 1 aromatic rings. The van der Waals surface area contributed by atoms with Crippen LogP contribution in [0.5, 0.6) is 5.75 Å². The first-order valence-electron chi connectivity index (χ1n) is 5.57. The third kappa shape index (κ3) is 2.05. The molecule has 0 spiro atoms. The summed E-state index contributed by atoms with van der Waals surface area (Å²) in [5, 5.41) is 9.38. The van der Waals surface area contributed by atoms with Gasteiger partial charge in [-0.05, 0) is 45.9 Å². The fourth-order valence-corrected chi connectivity index (χ4v) is 1.68. The lowest BCUT2D eigenvalue weighted by molar-refractivity contribution is 0.00578. The molecule has 1 N–H and O–H groups in total. The lowest BCUT2D eigenvalue weighted by atomic mass is 9.78. The minimum Gasteiger partial charge on any atom is -0.508 e. The maximum atomic E-state index is 13.7. The van der Waals surface area contributed by atoms with E-state index in [1.165, 1.54) is 18.2 Å². The number of benzene rings is 1. The van der Waals surface area contributed by atoms with Crippen LogP contribution in [0.1, 0.15) is 27.7 Å². The van der Waals surface area contributed by atoms with Crippen LogP contribution in [0, 0.1) is 5.82 Å². The van der Waals surface area contributed by atoms with Crippen LogP contribution < -0.4 is 5.46 Å². The largest absolute Gasteiger partial charge is 0.508 e. The second kappa shape index (κ2) is 3.72. The molecule has 5 heteroatoms. The molecule has 0 atom stereocenters. The number of hydrogen-bond donors (Lipinski definition) is 1. The van der Waals surface area contributed by atoms with Gasteiger partial charge in [0.15, 0.2) is 0 Å². The average molecular weight is 238 g/mol. The van der Waals surface area contributed by atoms with Gasteiger partial charge in [-0.1, -0.05) is 0 Å². The highest BCUT2D eigenvalue weighted by Crippen LogP contribution is 2.36. The first-order chi connectivity index (χ1) is 7.73. The minimum absolute atomic E-state index is 0.00360. The maximum absolute atomic E-state index is 13.7. The Morgan fingerprint density at radius 1 is 1.12 bits per heavy atom. The summed E-state index contributed by atoms with van der Waals surface area (Å²) in [7, 11) is -0.785. The van der Waals surface area contributed by atoms with Crippen molar-refractivity contribution < 1.29 is 18.8 Å². The van der Waals surface area contributed by atoms with Crippen molar-refractivity contribution in [3.8, 4) is 5.75 Å². The summed E-state index contributed by atoms with van der Waals surface area (Å²) in [5.41, 5.74) is -0.811. The molecule has 0 amide bonds. The van der Waals surface area contributed by atoms with Gasteiger partial charge in [-0.3, -0.25) is 0 Å². The summed E-state index contributed by atoms with van der Waals surface area (Å²) in [4.78, 5) is 0. The Balaban J connectivity index is 2.35. The maximum Gasteiger partial charge on any atom is 0.497 e. The Morgan fingerprint density at radius 3 is 2.18 bits per heavy atom. The van der Waals surface area contributed by atoms with Crippen LogP contribution in [0.3, 0.4) is 0 Å². The van der Waals surface area contributed by atoms with E-state index in [1.807, 2.05) is 27.7 Å². The van der Waals surface area contributed by atoms with E-state index >= 15 is 0 Å². The molecule has 1 heterocycles. The van der Waals surface area contributed by atoms with Crippen LogP contribution in [0.25, 0.3) is 0 Å². The van der Waals surface area contributed by atoms with Gasteiger partial charge in [0.2, 0.25) is 0 Å². The second-order valence-corrected chi connectivity index (χ2v) is 5.29. The lowest BCUT2D eigenvalue weighted by Crippen LogP contribution is -2.41. The standard InChI is InChI=1S/C12H16BFO3/c1-11(2)12(3,4)17-13(16-11)9-7-8(15)5-6-10(9)14/h5-7,15H,1-4H3. The summed E-state index contributed by atoms with van der Waals surface area (Å²) in [6.07, 6.45) is 0. The van der Waals surface area contributed by atoms with Gasteiger partial charge in [0.05, 0.1) is 11.2 Å².